The maximum Gasteiger partial charge on any atom is 0.231 e. The largest absolute Gasteiger partial charge is 0.339 e. The Labute approximate surface area is 108 Å². The van der Waals surface area contributed by atoms with Crippen LogP contribution in [0.4, 0.5) is 8.78 Å². The SMILES string of the molecule is Fc1cc(F)cc(-c2noc(C3CCCNC3)n2)c1. The molecule has 3 rings (SSSR count). The summed E-state index contributed by atoms with van der Waals surface area (Å²) < 4.78 is 31.5. The number of nitrogens with one attached hydrogen (secondary N) is 1. The molecule has 1 N–H and O–H groups in total. The minimum absolute atomic E-state index is 0.174. The maximum absolute atomic E-state index is 13.1. The van der Waals surface area contributed by atoms with Crippen molar-refractivity contribution in [3.8, 4) is 11.4 Å². The lowest BCUT2D eigenvalue weighted by atomic mass is 10.00. The van der Waals surface area contributed by atoms with Crippen molar-refractivity contribution in [3.05, 3.63) is 35.7 Å². The Hall–Kier alpha value is -1.82. The van der Waals surface area contributed by atoms with Crippen LogP contribution in [-0.4, -0.2) is 23.2 Å². The highest BCUT2D eigenvalue weighted by atomic mass is 19.1. The smallest absolute Gasteiger partial charge is 0.231 e. The summed E-state index contributed by atoms with van der Waals surface area (Å²) in [5, 5.41) is 7.05. The average molecular weight is 265 g/mol. The van der Waals surface area contributed by atoms with Crippen molar-refractivity contribution in [1.82, 2.24) is 15.5 Å². The quantitative estimate of drug-likeness (QED) is 0.906. The van der Waals surface area contributed by atoms with E-state index in [1.54, 1.807) is 0 Å². The summed E-state index contributed by atoms with van der Waals surface area (Å²) in [5.74, 6) is -0.388. The lowest BCUT2D eigenvalue weighted by molar-refractivity contribution is 0.322. The van der Waals surface area contributed by atoms with Gasteiger partial charge in [0.25, 0.3) is 0 Å². The average Bonchev–Trinajstić information content (AvgIpc) is 2.88. The predicted molar refractivity (Wildman–Crippen MR) is 64.5 cm³/mol. The van der Waals surface area contributed by atoms with Gasteiger partial charge in [-0.2, -0.15) is 4.98 Å². The molecule has 1 aliphatic heterocycles. The van der Waals surface area contributed by atoms with Crippen LogP contribution in [0.5, 0.6) is 0 Å². The molecular weight excluding hydrogens is 252 g/mol. The molecular formula is C13H13F2N3O. The number of hydrogen-bond donors (Lipinski definition) is 1. The van der Waals surface area contributed by atoms with Crippen LogP contribution in [0.2, 0.25) is 0 Å². The Balaban J connectivity index is 1.87. The number of halogens is 2. The van der Waals surface area contributed by atoms with E-state index in [2.05, 4.69) is 15.5 Å². The van der Waals surface area contributed by atoms with Gasteiger partial charge in [0.2, 0.25) is 11.7 Å². The molecule has 6 heteroatoms. The Morgan fingerprint density at radius 2 is 2.00 bits per heavy atom. The monoisotopic (exact) mass is 265 g/mol. The van der Waals surface area contributed by atoms with Crippen LogP contribution in [0.25, 0.3) is 11.4 Å². The van der Waals surface area contributed by atoms with Crippen molar-refractivity contribution < 1.29 is 13.3 Å². The van der Waals surface area contributed by atoms with E-state index < -0.39 is 11.6 Å². The van der Waals surface area contributed by atoms with Crippen LogP contribution >= 0.6 is 0 Å². The molecule has 0 saturated carbocycles. The summed E-state index contributed by atoms with van der Waals surface area (Å²) in [7, 11) is 0. The lowest BCUT2D eigenvalue weighted by Crippen LogP contribution is -2.28. The molecule has 1 fully saturated rings. The Kier molecular flexibility index (Phi) is 3.25. The topological polar surface area (TPSA) is 51.0 Å². The molecule has 2 aromatic rings. The van der Waals surface area contributed by atoms with Gasteiger partial charge in [-0.15, -0.1) is 0 Å². The molecule has 1 atom stereocenters. The van der Waals surface area contributed by atoms with Crippen LogP contribution in [0, 0.1) is 11.6 Å². The molecule has 0 radical (unpaired) electrons. The minimum Gasteiger partial charge on any atom is -0.339 e. The zero-order chi connectivity index (χ0) is 13.2. The highest BCUT2D eigenvalue weighted by Gasteiger charge is 2.22. The van der Waals surface area contributed by atoms with E-state index in [0.29, 0.717) is 5.89 Å². The Morgan fingerprint density at radius 1 is 1.21 bits per heavy atom. The summed E-state index contributed by atoms with van der Waals surface area (Å²) in [6.07, 6.45) is 2.03. The first-order valence-corrected chi connectivity index (χ1v) is 6.23. The summed E-state index contributed by atoms with van der Waals surface area (Å²) in [6, 6.07) is 3.20. The zero-order valence-electron chi connectivity index (χ0n) is 10.2. The van der Waals surface area contributed by atoms with Crippen LogP contribution < -0.4 is 5.32 Å². The molecule has 1 unspecified atom stereocenters. The normalized spacial score (nSPS) is 19.6. The Morgan fingerprint density at radius 3 is 2.68 bits per heavy atom. The maximum atomic E-state index is 13.1. The van der Waals surface area contributed by atoms with Gasteiger partial charge >= 0.3 is 0 Å². The highest BCUT2D eigenvalue weighted by molar-refractivity contribution is 5.54. The van der Waals surface area contributed by atoms with Gasteiger partial charge in [-0.25, -0.2) is 8.78 Å². The minimum atomic E-state index is -0.652. The molecule has 1 saturated heterocycles. The van der Waals surface area contributed by atoms with Gasteiger partial charge in [-0.05, 0) is 31.5 Å². The number of rotatable bonds is 2. The standard InChI is InChI=1S/C13H13F2N3O/c14-10-4-9(5-11(15)6-10)12-17-13(19-18-12)8-2-1-3-16-7-8/h4-6,8,16H,1-3,7H2. The highest BCUT2D eigenvalue weighted by Crippen LogP contribution is 2.25. The second kappa shape index (κ2) is 5.05. The third kappa shape index (κ3) is 2.63. The fourth-order valence-electron chi connectivity index (χ4n) is 2.26. The molecule has 19 heavy (non-hydrogen) atoms. The van der Waals surface area contributed by atoms with Crippen LogP contribution in [0.3, 0.4) is 0 Å². The molecule has 0 spiro atoms. The summed E-state index contributed by atoms with van der Waals surface area (Å²) >= 11 is 0. The van der Waals surface area contributed by atoms with Crippen molar-refractivity contribution in [1.29, 1.82) is 0 Å². The van der Waals surface area contributed by atoms with E-state index in [0.717, 1.165) is 32.0 Å². The molecule has 1 aliphatic rings. The number of benzene rings is 1. The second-order valence-corrected chi connectivity index (χ2v) is 4.66. The van der Waals surface area contributed by atoms with Crippen molar-refractivity contribution >= 4 is 0 Å². The number of nitrogens with zero attached hydrogens (tertiary/aromatic N) is 2. The molecule has 1 aromatic carbocycles. The number of aromatic nitrogens is 2. The number of piperidine rings is 1. The summed E-state index contributed by atoms with van der Waals surface area (Å²) in [6.45, 7) is 1.78. The third-order valence-corrected chi connectivity index (χ3v) is 3.21. The van der Waals surface area contributed by atoms with Gasteiger partial charge in [0.05, 0.1) is 5.92 Å². The van der Waals surface area contributed by atoms with E-state index >= 15 is 0 Å². The fourth-order valence-corrected chi connectivity index (χ4v) is 2.26. The van der Waals surface area contributed by atoms with Gasteiger partial charge in [0.1, 0.15) is 11.6 Å². The zero-order valence-corrected chi connectivity index (χ0v) is 10.2. The van der Waals surface area contributed by atoms with Gasteiger partial charge in [-0.3, -0.25) is 0 Å². The van der Waals surface area contributed by atoms with E-state index in [1.807, 2.05) is 0 Å². The lowest BCUT2D eigenvalue weighted by Gasteiger charge is -2.18. The van der Waals surface area contributed by atoms with E-state index in [-0.39, 0.29) is 17.3 Å². The van der Waals surface area contributed by atoms with Gasteiger partial charge < -0.3 is 9.84 Å². The molecule has 100 valence electrons. The first-order chi connectivity index (χ1) is 9.22. The third-order valence-electron chi connectivity index (χ3n) is 3.21. The summed E-state index contributed by atoms with van der Waals surface area (Å²) in [4.78, 5) is 4.24. The predicted octanol–water partition coefficient (Wildman–Crippen LogP) is 2.48. The van der Waals surface area contributed by atoms with Crippen molar-refractivity contribution in [3.63, 3.8) is 0 Å². The van der Waals surface area contributed by atoms with Crippen LogP contribution in [0.15, 0.2) is 22.7 Å². The van der Waals surface area contributed by atoms with Crippen LogP contribution in [0.1, 0.15) is 24.7 Å². The van der Waals surface area contributed by atoms with Crippen LogP contribution in [-0.2, 0) is 0 Å². The number of hydrogen-bond acceptors (Lipinski definition) is 4. The van der Waals surface area contributed by atoms with Crippen molar-refractivity contribution in [2.45, 2.75) is 18.8 Å². The molecule has 4 nitrogen and oxygen atoms in total. The van der Waals surface area contributed by atoms with E-state index in [1.165, 1.54) is 12.1 Å². The van der Waals surface area contributed by atoms with Crippen molar-refractivity contribution in [2.75, 3.05) is 13.1 Å². The van der Waals surface area contributed by atoms with Gasteiger partial charge in [0, 0.05) is 18.2 Å². The summed E-state index contributed by atoms with van der Waals surface area (Å²) in [5.41, 5.74) is 0.288. The fraction of sp³-hybridized carbons (Fsp3) is 0.385. The van der Waals surface area contributed by atoms with Gasteiger partial charge in [0.15, 0.2) is 0 Å². The Bertz CT molecular complexity index is 559. The molecule has 1 aromatic heterocycles. The second-order valence-electron chi connectivity index (χ2n) is 4.66. The molecule has 0 amide bonds. The molecule has 2 heterocycles. The molecule has 0 aliphatic carbocycles. The van der Waals surface area contributed by atoms with Gasteiger partial charge in [-0.1, -0.05) is 5.16 Å². The van der Waals surface area contributed by atoms with E-state index in [4.69, 9.17) is 4.52 Å². The van der Waals surface area contributed by atoms with E-state index in [9.17, 15) is 8.78 Å². The first kappa shape index (κ1) is 12.2. The van der Waals surface area contributed by atoms with Crippen molar-refractivity contribution in [2.24, 2.45) is 0 Å². The molecule has 0 bridgehead atoms. The first-order valence-electron chi connectivity index (χ1n) is 6.23.